The zero-order chi connectivity index (χ0) is 30.4. The molecule has 2 aromatic rings. The number of imide groups is 1. The summed E-state index contributed by atoms with van der Waals surface area (Å²) in [6.45, 7) is -3.08. The van der Waals surface area contributed by atoms with Crippen molar-refractivity contribution in [1.29, 1.82) is 0 Å². The zero-order valence-electron chi connectivity index (χ0n) is 25.0. The molecule has 1 unspecified atom stereocenters. The first-order valence-electron chi connectivity index (χ1n) is 13.1. The van der Waals surface area contributed by atoms with Crippen LogP contribution in [0.2, 0.25) is 0 Å². The van der Waals surface area contributed by atoms with Gasteiger partial charge in [-0.05, 0) is 29.8 Å². The van der Waals surface area contributed by atoms with Crippen LogP contribution in [0.3, 0.4) is 0 Å². The van der Waals surface area contributed by atoms with Crippen molar-refractivity contribution in [2.75, 3.05) is 31.4 Å². The third kappa shape index (κ3) is 4.38. The van der Waals surface area contributed by atoms with Crippen LogP contribution in [0.4, 0.5) is 5.69 Å². The van der Waals surface area contributed by atoms with Gasteiger partial charge in [0, 0.05) is 17.2 Å². The summed E-state index contributed by atoms with van der Waals surface area (Å²) in [7, 11) is -10.1. The topological polar surface area (TPSA) is 119 Å². The van der Waals surface area contributed by atoms with Gasteiger partial charge in [0.15, 0.2) is 11.5 Å². The summed E-state index contributed by atoms with van der Waals surface area (Å²) in [5.41, 5.74) is -1.08. The van der Waals surface area contributed by atoms with E-state index in [-0.39, 0.29) is 22.4 Å². The number of sulfone groups is 1. The van der Waals surface area contributed by atoms with Gasteiger partial charge in [-0.1, -0.05) is 12.1 Å². The van der Waals surface area contributed by atoms with E-state index in [2.05, 4.69) is 5.32 Å². The van der Waals surface area contributed by atoms with E-state index in [9.17, 15) is 22.8 Å². The second-order valence-corrected chi connectivity index (χ2v) is 8.87. The molecule has 0 radical (unpaired) electrons. The molecule has 3 rings (SSSR count). The van der Waals surface area contributed by atoms with Crippen molar-refractivity contribution in [2.24, 2.45) is 0 Å². The normalized spacial score (nSPS) is 19.8. The first-order valence-corrected chi connectivity index (χ1v) is 10.7. The highest BCUT2D eigenvalue weighted by Gasteiger charge is 2.43. The molecule has 1 atom stereocenters. The van der Waals surface area contributed by atoms with Gasteiger partial charge < -0.3 is 14.8 Å². The molecule has 0 aromatic heterocycles. The molecule has 0 fully saturated rings. The van der Waals surface area contributed by atoms with E-state index in [0.717, 1.165) is 24.5 Å². The van der Waals surface area contributed by atoms with E-state index >= 15 is 0 Å². The standard InChI is InChI=1S/C21H22N2O7S/c1-12(24)22-15-7-5-6-14-19(15)21(26)23(20(14)25)16(11-31(4,27)28)13-8-9-17(29-2)18(10-13)30-3/h5-10,16H,11H2,1-4H3,(H,22,24)/i1D3,2D3,3D3. The lowest BCUT2D eigenvalue weighted by atomic mass is 10.1. The Hall–Kier alpha value is -3.40. The second kappa shape index (κ2) is 8.38. The molecular formula is C21H22N2O7S. The van der Waals surface area contributed by atoms with Crippen LogP contribution in [-0.4, -0.2) is 57.1 Å². The third-order valence-corrected chi connectivity index (χ3v) is 5.46. The number of rotatable bonds is 7. The molecule has 2 aromatic carbocycles. The molecule has 0 bridgehead atoms. The summed E-state index contributed by atoms with van der Waals surface area (Å²) < 4.78 is 100. The highest BCUT2D eigenvalue weighted by molar-refractivity contribution is 7.90. The van der Waals surface area contributed by atoms with Gasteiger partial charge in [-0.15, -0.1) is 0 Å². The highest BCUT2D eigenvalue weighted by atomic mass is 32.2. The van der Waals surface area contributed by atoms with E-state index in [1.165, 1.54) is 18.2 Å². The zero-order valence-corrected chi connectivity index (χ0v) is 16.8. The van der Waals surface area contributed by atoms with Crippen molar-refractivity contribution in [1.82, 2.24) is 4.90 Å². The molecule has 10 heteroatoms. The summed E-state index contributed by atoms with van der Waals surface area (Å²) in [4.78, 5) is 39.5. The van der Waals surface area contributed by atoms with Gasteiger partial charge in [-0.25, -0.2) is 8.42 Å². The Bertz CT molecular complexity index is 1470. The number of hydrogen-bond acceptors (Lipinski definition) is 7. The molecule has 1 aliphatic heterocycles. The highest BCUT2D eigenvalue weighted by Crippen LogP contribution is 2.38. The number of methoxy groups -OCH3 is 2. The van der Waals surface area contributed by atoms with Crippen LogP contribution < -0.4 is 14.8 Å². The maximum absolute atomic E-state index is 13.5. The number of anilines is 1. The van der Waals surface area contributed by atoms with Crippen LogP contribution in [0.25, 0.3) is 0 Å². The molecule has 1 heterocycles. The summed E-state index contributed by atoms with van der Waals surface area (Å²) in [6, 6.07) is 5.14. The minimum atomic E-state index is -3.94. The van der Waals surface area contributed by atoms with Crippen molar-refractivity contribution in [2.45, 2.75) is 12.9 Å². The molecule has 31 heavy (non-hydrogen) atoms. The van der Waals surface area contributed by atoms with Crippen LogP contribution in [-0.2, 0) is 14.6 Å². The van der Waals surface area contributed by atoms with Crippen molar-refractivity contribution < 1.29 is 44.6 Å². The number of ether oxygens (including phenoxy) is 2. The van der Waals surface area contributed by atoms with Gasteiger partial charge in [0.1, 0.15) is 9.84 Å². The number of benzene rings is 2. The van der Waals surface area contributed by atoms with E-state index in [4.69, 9.17) is 21.8 Å². The average molecular weight is 456 g/mol. The van der Waals surface area contributed by atoms with Crippen molar-refractivity contribution >= 4 is 33.2 Å². The summed E-state index contributed by atoms with van der Waals surface area (Å²) in [5, 5.41) is 2.07. The van der Waals surface area contributed by atoms with Crippen LogP contribution >= 0.6 is 0 Å². The Morgan fingerprint density at radius 1 is 1.13 bits per heavy atom. The van der Waals surface area contributed by atoms with Gasteiger partial charge in [0.25, 0.3) is 11.8 Å². The van der Waals surface area contributed by atoms with E-state index in [0.29, 0.717) is 4.90 Å². The van der Waals surface area contributed by atoms with Gasteiger partial charge in [0.2, 0.25) is 5.91 Å². The Kier molecular flexibility index (Phi) is 3.54. The predicted octanol–water partition coefficient (Wildman–Crippen LogP) is 2.04. The lowest BCUT2D eigenvalue weighted by Gasteiger charge is -2.26. The first-order chi connectivity index (χ1) is 18.1. The molecule has 1 N–H and O–H groups in total. The largest absolute Gasteiger partial charge is 0.493 e. The van der Waals surface area contributed by atoms with Crippen LogP contribution in [0, 0.1) is 0 Å². The minimum Gasteiger partial charge on any atom is -0.493 e. The van der Waals surface area contributed by atoms with Crippen molar-refractivity contribution in [3.63, 3.8) is 0 Å². The van der Waals surface area contributed by atoms with Crippen LogP contribution in [0.1, 0.15) is 51.5 Å². The summed E-state index contributed by atoms with van der Waals surface area (Å²) in [5.74, 6) is -5.49. The summed E-state index contributed by atoms with van der Waals surface area (Å²) >= 11 is 0. The number of carbonyl (C=O) groups excluding carboxylic acids is 3. The molecular weight excluding hydrogens is 424 g/mol. The Morgan fingerprint density at radius 3 is 2.55 bits per heavy atom. The molecule has 0 spiro atoms. The lowest BCUT2D eigenvalue weighted by molar-refractivity contribution is -0.114. The molecule has 0 saturated heterocycles. The van der Waals surface area contributed by atoms with Gasteiger partial charge in [-0.2, -0.15) is 0 Å². The monoisotopic (exact) mass is 455 g/mol. The minimum absolute atomic E-state index is 0.134. The van der Waals surface area contributed by atoms with Crippen LogP contribution in [0.15, 0.2) is 36.4 Å². The average Bonchev–Trinajstić information content (AvgIpc) is 3.01. The molecule has 3 amide bonds. The molecule has 1 aliphatic rings. The Balaban J connectivity index is 2.15. The maximum atomic E-state index is 13.5. The Morgan fingerprint density at radius 2 is 1.87 bits per heavy atom. The molecule has 0 aliphatic carbocycles. The SMILES string of the molecule is [2H]C([2H])([2H])Oc1ccc(C(CS(C)(=O)=O)N2C(=O)c3cccc(NC(=O)C([2H])([2H])[2H])c3C2=O)cc1OC([2H])([2H])[2H]. The van der Waals surface area contributed by atoms with Gasteiger partial charge in [0.05, 0.1) is 50.9 Å². The predicted molar refractivity (Wildman–Crippen MR) is 113 cm³/mol. The third-order valence-electron chi connectivity index (χ3n) is 4.54. The van der Waals surface area contributed by atoms with E-state index in [1.807, 2.05) is 0 Å². The van der Waals surface area contributed by atoms with Gasteiger partial charge in [-0.3, -0.25) is 19.3 Å². The number of amides is 3. The number of nitrogens with zero attached hydrogens (tertiary/aromatic N) is 1. The second-order valence-electron chi connectivity index (χ2n) is 6.68. The Labute approximate surface area is 192 Å². The van der Waals surface area contributed by atoms with Crippen molar-refractivity contribution in [3.05, 3.63) is 53.1 Å². The maximum Gasteiger partial charge on any atom is 0.264 e. The smallest absolute Gasteiger partial charge is 0.264 e. The first kappa shape index (κ1) is 13.1. The summed E-state index contributed by atoms with van der Waals surface area (Å²) in [6.07, 6.45) is 0.825. The van der Waals surface area contributed by atoms with Crippen molar-refractivity contribution in [3.8, 4) is 11.5 Å². The molecule has 0 saturated carbocycles. The number of nitrogens with one attached hydrogen (secondary N) is 1. The van der Waals surface area contributed by atoms with E-state index < -0.39 is 71.8 Å². The van der Waals surface area contributed by atoms with Crippen LogP contribution in [0.5, 0.6) is 11.5 Å². The quantitative estimate of drug-likeness (QED) is 0.635. The number of hydrogen-bond donors (Lipinski definition) is 1. The lowest BCUT2D eigenvalue weighted by Crippen LogP contribution is -2.37. The molecule has 9 nitrogen and oxygen atoms in total. The fourth-order valence-electron chi connectivity index (χ4n) is 3.32. The fraction of sp³-hybridized carbons (Fsp3) is 0.286. The van der Waals surface area contributed by atoms with E-state index in [1.54, 1.807) is 0 Å². The fourth-order valence-corrected chi connectivity index (χ4v) is 4.23. The number of carbonyl (C=O) groups is 3. The number of fused-ring (bicyclic) bond motifs is 1. The van der Waals surface area contributed by atoms with Gasteiger partial charge >= 0.3 is 0 Å². The molecule has 164 valence electrons.